The van der Waals surface area contributed by atoms with E-state index in [1.807, 2.05) is 18.2 Å². The fourth-order valence-corrected chi connectivity index (χ4v) is 2.88. The second-order valence-electron chi connectivity index (χ2n) is 6.08. The van der Waals surface area contributed by atoms with Crippen molar-refractivity contribution in [2.45, 2.75) is 26.2 Å². The number of aromatic nitrogens is 3. The minimum absolute atomic E-state index is 0.716. The van der Waals surface area contributed by atoms with Gasteiger partial charge in [-0.2, -0.15) is 0 Å². The average Bonchev–Trinajstić information content (AvgIpc) is 3.13. The van der Waals surface area contributed by atoms with Crippen molar-refractivity contribution in [2.24, 2.45) is 0 Å². The number of nitrogens with zero attached hydrogens (tertiary/aromatic N) is 5. The molecule has 1 aliphatic rings. The Morgan fingerprint density at radius 3 is 2.70 bits per heavy atom. The smallest absolute Gasteiger partial charge is 0.180 e. The molecule has 0 saturated carbocycles. The van der Waals surface area contributed by atoms with E-state index in [1.54, 1.807) is 6.20 Å². The lowest BCUT2D eigenvalue weighted by atomic mass is 10.2. The summed E-state index contributed by atoms with van der Waals surface area (Å²) >= 11 is 0. The van der Waals surface area contributed by atoms with Gasteiger partial charge < -0.3 is 9.80 Å². The Bertz CT molecular complexity index is 623. The SMILES string of the molecule is CCc1cc(N(C)CCN2CCCC2)nc(-c2ccccn2)n1. The van der Waals surface area contributed by atoms with E-state index >= 15 is 0 Å². The van der Waals surface area contributed by atoms with Crippen molar-refractivity contribution in [3.8, 4) is 11.5 Å². The molecular weight excluding hydrogens is 286 g/mol. The summed E-state index contributed by atoms with van der Waals surface area (Å²) < 4.78 is 0. The van der Waals surface area contributed by atoms with Crippen LogP contribution in [0.5, 0.6) is 0 Å². The summed E-state index contributed by atoms with van der Waals surface area (Å²) in [6, 6.07) is 7.94. The van der Waals surface area contributed by atoms with Gasteiger partial charge in [0.25, 0.3) is 0 Å². The Hall–Kier alpha value is -2.01. The molecule has 0 unspecified atom stereocenters. The lowest BCUT2D eigenvalue weighted by Gasteiger charge is -2.23. The first-order valence-electron chi connectivity index (χ1n) is 8.49. The molecule has 0 aliphatic carbocycles. The van der Waals surface area contributed by atoms with Crippen LogP contribution in [-0.4, -0.2) is 53.1 Å². The van der Waals surface area contributed by atoms with Crippen LogP contribution in [-0.2, 0) is 6.42 Å². The maximum Gasteiger partial charge on any atom is 0.180 e. The molecule has 0 radical (unpaired) electrons. The van der Waals surface area contributed by atoms with Gasteiger partial charge in [-0.15, -0.1) is 0 Å². The van der Waals surface area contributed by atoms with Crippen molar-refractivity contribution in [2.75, 3.05) is 38.1 Å². The summed E-state index contributed by atoms with van der Waals surface area (Å²) in [6.45, 7) is 6.68. The standard InChI is InChI=1S/C18H25N5/c1-3-15-14-17(22(2)12-13-23-10-6-7-11-23)21-18(20-15)16-8-4-5-9-19-16/h4-5,8-9,14H,3,6-7,10-13H2,1-2H3. The van der Waals surface area contributed by atoms with E-state index in [1.165, 1.54) is 25.9 Å². The summed E-state index contributed by atoms with van der Waals surface area (Å²) in [5.74, 6) is 1.70. The van der Waals surface area contributed by atoms with Crippen LogP contribution in [0.1, 0.15) is 25.5 Å². The first-order valence-corrected chi connectivity index (χ1v) is 8.49. The van der Waals surface area contributed by atoms with Crippen LogP contribution in [0.15, 0.2) is 30.5 Å². The molecule has 5 nitrogen and oxygen atoms in total. The number of aryl methyl sites for hydroxylation is 1. The summed E-state index contributed by atoms with van der Waals surface area (Å²) in [4.78, 5) is 18.5. The molecule has 1 aliphatic heterocycles. The highest BCUT2D eigenvalue weighted by Crippen LogP contribution is 2.18. The highest BCUT2D eigenvalue weighted by molar-refractivity contribution is 5.53. The van der Waals surface area contributed by atoms with Crippen LogP contribution in [0.4, 0.5) is 5.82 Å². The number of pyridine rings is 1. The highest BCUT2D eigenvalue weighted by Gasteiger charge is 2.14. The molecule has 0 amide bonds. The van der Waals surface area contributed by atoms with Crippen LogP contribution in [0, 0.1) is 0 Å². The maximum absolute atomic E-state index is 4.73. The van der Waals surface area contributed by atoms with Crippen LogP contribution in [0.2, 0.25) is 0 Å². The zero-order chi connectivity index (χ0) is 16.1. The Morgan fingerprint density at radius 2 is 2.00 bits per heavy atom. The van der Waals surface area contributed by atoms with E-state index in [2.05, 4.69) is 39.8 Å². The van der Waals surface area contributed by atoms with E-state index < -0.39 is 0 Å². The molecule has 0 bridgehead atoms. The van der Waals surface area contributed by atoms with Crippen LogP contribution in [0.3, 0.4) is 0 Å². The molecule has 0 N–H and O–H groups in total. The Labute approximate surface area is 138 Å². The van der Waals surface area contributed by atoms with E-state index in [-0.39, 0.29) is 0 Å². The molecule has 1 saturated heterocycles. The zero-order valence-electron chi connectivity index (χ0n) is 14.1. The van der Waals surface area contributed by atoms with Gasteiger partial charge in [0.2, 0.25) is 0 Å². The molecule has 2 aromatic heterocycles. The van der Waals surface area contributed by atoms with Crippen molar-refractivity contribution in [1.82, 2.24) is 19.9 Å². The summed E-state index contributed by atoms with van der Waals surface area (Å²) in [6.07, 6.45) is 5.35. The molecule has 0 spiro atoms. The van der Waals surface area contributed by atoms with E-state index in [4.69, 9.17) is 4.98 Å². The summed E-state index contributed by atoms with van der Waals surface area (Å²) in [5, 5.41) is 0. The Morgan fingerprint density at radius 1 is 1.17 bits per heavy atom. The second-order valence-corrected chi connectivity index (χ2v) is 6.08. The molecule has 2 aromatic rings. The number of hydrogen-bond donors (Lipinski definition) is 0. The molecule has 0 aromatic carbocycles. The van der Waals surface area contributed by atoms with E-state index in [9.17, 15) is 0 Å². The van der Waals surface area contributed by atoms with Crippen LogP contribution < -0.4 is 4.90 Å². The molecule has 23 heavy (non-hydrogen) atoms. The van der Waals surface area contributed by atoms with Crippen molar-refractivity contribution >= 4 is 5.82 Å². The molecule has 1 fully saturated rings. The third-order valence-electron chi connectivity index (χ3n) is 4.36. The Balaban J connectivity index is 1.77. The number of rotatable bonds is 6. The lowest BCUT2D eigenvalue weighted by molar-refractivity contribution is 0.346. The van der Waals surface area contributed by atoms with Gasteiger partial charge in [-0.25, -0.2) is 9.97 Å². The topological polar surface area (TPSA) is 45.2 Å². The highest BCUT2D eigenvalue weighted by atomic mass is 15.2. The minimum Gasteiger partial charge on any atom is -0.358 e. The van der Waals surface area contributed by atoms with Crippen LogP contribution >= 0.6 is 0 Å². The number of anilines is 1. The van der Waals surface area contributed by atoms with Gasteiger partial charge >= 0.3 is 0 Å². The quantitative estimate of drug-likeness (QED) is 0.820. The molecule has 3 rings (SSSR count). The predicted molar refractivity (Wildman–Crippen MR) is 93.6 cm³/mol. The van der Waals surface area contributed by atoms with Gasteiger partial charge in [-0.05, 0) is 44.5 Å². The fourth-order valence-electron chi connectivity index (χ4n) is 2.88. The van der Waals surface area contributed by atoms with Gasteiger partial charge in [-0.1, -0.05) is 13.0 Å². The second kappa shape index (κ2) is 7.51. The predicted octanol–water partition coefficient (Wildman–Crippen LogP) is 2.63. The monoisotopic (exact) mass is 311 g/mol. The van der Waals surface area contributed by atoms with Crippen molar-refractivity contribution in [1.29, 1.82) is 0 Å². The number of hydrogen-bond acceptors (Lipinski definition) is 5. The number of likely N-dealkylation sites (tertiary alicyclic amines) is 1. The van der Waals surface area contributed by atoms with Gasteiger partial charge in [-0.3, -0.25) is 4.98 Å². The molecule has 122 valence electrons. The fraction of sp³-hybridized carbons (Fsp3) is 0.500. The third kappa shape index (κ3) is 4.05. The third-order valence-corrected chi connectivity index (χ3v) is 4.36. The maximum atomic E-state index is 4.73. The first-order chi connectivity index (χ1) is 11.3. The largest absolute Gasteiger partial charge is 0.358 e. The zero-order valence-corrected chi connectivity index (χ0v) is 14.1. The van der Waals surface area contributed by atoms with Gasteiger partial charge in [0, 0.05) is 38.1 Å². The Kier molecular flexibility index (Phi) is 5.18. The lowest BCUT2D eigenvalue weighted by Crippen LogP contribution is -2.32. The van der Waals surface area contributed by atoms with E-state index in [0.29, 0.717) is 5.82 Å². The number of likely N-dealkylation sites (N-methyl/N-ethyl adjacent to an activating group) is 1. The normalized spacial score (nSPS) is 15.0. The van der Waals surface area contributed by atoms with Crippen molar-refractivity contribution < 1.29 is 0 Å². The van der Waals surface area contributed by atoms with Crippen molar-refractivity contribution in [3.05, 3.63) is 36.2 Å². The molecule has 0 atom stereocenters. The van der Waals surface area contributed by atoms with Gasteiger partial charge in [0.1, 0.15) is 11.5 Å². The summed E-state index contributed by atoms with van der Waals surface area (Å²) in [7, 11) is 2.11. The van der Waals surface area contributed by atoms with Gasteiger partial charge in [0.05, 0.1) is 0 Å². The van der Waals surface area contributed by atoms with Crippen molar-refractivity contribution in [3.63, 3.8) is 0 Å². The van der Waals surface area contributed by atoms with Gasteiger partial charge in [0.15, 0.2) is 5.82 Å². The first kappa shape index (κ1) is 15.9. The molecular formula is C18H25N5. The van der Waals surface area contributed by atoms with Crippen LogP contribution in [0.25, 0.3) is 11.5 Å². The minimum atomic E-state index is 0.716. The van der Waals surface area contributed by atoms with E-state index in [0.717, 1.165) is 36.7 Å². The average molecular weight is 311 g/mol. The molecule has 5 heteroatoms. The summed E-state index contributed by atoms with van der Waals surface area (Å²) in [5.41, 5.74) is 1.89. The molecule has 3 heterocycles.